The van der Waals surface area contributed by atoms with Gasteiger partial charge < -0.3 is 15.2 Å². The maximum atomic E-state index is 12.4. The summed E-state index contributed by atoms with van der Waals surface area (Å²) in [6.45, 7) is 5.94. The number of benzene rings is 1. The van der Waals surface area contributed by atoms with E-state index in [1.165, 1.54) is 11.8 Å². The molecule has 2 N–H and O–H groups in total. The van der Waals surface area contributed by atoms with Crippen LogP contribution in [0.2, 0.25) is 0 Å². The largest absolute Gasteiger partial charge is 0.444 e. The second-order valence-corrected chi connectivity index (χ2v) is 8.51. The Morgan fingerprint density at radius 3 is 2.56 bits per heavy atom. The van der Waals surface area contributed by atoms with E-state index in [2.05, 4.69) is 5.32 Å². The second-order valence-electron chi connectivity index (χ2n) is 7.36. The summed E-state index contributed by atoms with van der Waals surface area (Å²) >= 11 is 1.21. The zero-order valence-corrected chi connectivity index (χ0v) is 15.8. The van der Waals surface area contributed by atoms with E-state index in [0.717, 1.165) is 12.8 Å². The average molecular weight is 365 g/mol. The third-order valence-electron chi connectivity index (χ3n) is 4.11. The molecular weight excluding hydrogens is 338 g/mol. The average Bonchev–Trinajstić information content (AvgIpc) is 2.87. The van der Waals surface area contributed by atoms with Crippen LogP contribution in [0.1, 0.15) is 50.4 Å². The van der Waals surface area contributed by atoms with Gasteiger partial charge in [0.05, 0.1) is 6.10 Å². The Morgan fingerprint density at radius 2 is 1.92 bits per heavy atom. The number of aliphatic hydroxyl groups is 1. The molecule has 0 aromatic heterocycles. The lowest BCUT2D eigenvalue weighted by Gasteiger charge is -2.22. The number of alkyl carbamates (subject to hydrolysis) is 1. The Balaban J connectivity index is 1.84. The number of amides is 1. The molecule has 25 heavy (non-hydrogen) atoms. The van der Waals surface area contributed by atoms with Crippen LogP contribution >= 0.6 is 11.8 Å². The van der Waals surface area contributed by atoms with Gasteiger partial charge in [-0.1, -0.05) is 42.1 Å². The van der Waals surface area contributed by atoms with Crippen molar-refractivity contribution in [2.75, 3.05) is 6.54 Å². The van der Waals surface area contributed by atoms with Gasteiger partial charge in [0.15, 0.2) is 0 Å². The van der Waals surface area contributed by atoms with Crippen LogP contribution in [0.4, 0.5) is 4.79 Å². The molecule has 1 aliphatic carbocycles. The number of carbonyl (C=O) groups excluding carboxylic acids is 2. The molecule has 1 aliphatic rings. The second kappa shape index (κ2) is 8.72. The lowest BCUT2D eigenvalue weighted by atomic mass is 10.0. The summed E-state index contributed by atoms with van der Waals surface area (Å²) in [5.41, 5.74) is 0.130. The highest BCUT2D eigenvalue weighted by molar-refractivity contribution is 8.14. The van der Waals surface area contributed by atoms with Crippen molar-refractivity contribution < 1.29 is 19.4 Å². The first-order chi connectivity index (χ1) is 11.8. The van der Waals surface area contributed by atoms with Crippen LogP contribution < -0.4 is 5.32 Å². The quantitative estimate of drug-likeness (QED) is 0.834. The van der Waals surface area contributed by atoms with Crippen molar-refractivity contribution in [1.29, 1.82) is 0 Å². The molecule has 0 radical (unpaired) electrons. The molecule has 1 fully saturated rings. The molecule has 1 saturated carbocycles. The first kappa shape index (κ1) is 19.8. The minimum atomic E-state index is -0.520. The molecule has 1 aromatic rings. The van der Waals surface area contributed by atoms with E-state index in [1.807, 2.05) is 39.0 Å². The fraction of sp³-hybridized carbons (Fsp3) is 0.579. The van der Waals surface area contributed by atoms with Crippen LogP contribution in [0.15, 0.2) is 30.3 Å². The molecule has 0 saturated heterocycles. The molecular formula is C19H27NO4S. The fourth-order valence-corrected chi connectivity index (χ4v) is 4.23. The third kappa shape index (κ3) is 6.36. The van der Waals surface area contributed by atoms with E-state index in [1.54, 1.807) is 12.1 Å². The van der Waals surface area contributed by atoms with E-state index in [0.29, 0.717) is 18.5 Å². The predicted octanol–water partition coefficient (Wildman–Crippen LogP) is 3.61. The highest BCUT2D eigenvalue weighted by Gasteiger charge is 2.37. The smallest absolute Gasteiger partial charge is 0.407 e. The Morgan fingerprint density at radius 1 is 1.24 bits per heavy atom. The van der Waals surface area contributed by atoms with Crippen LogP contribution in [0.3, 0.4) is 0 Å². The minimum Gasteiger partial charge on any atom is -0.444 e. The highest BCUT2D eigenvalue weighted by atomic mass is 32.2. The van der Waals surface area contributed by atoms with Crippen molar-refractivity contribution in [2.45, 2.75) is 57.0 Å². The van der Waals surface area contributed by atoms with Crippen LogP contribution in [0.5, 0.6) is 0 Å². The number of hydrogen-bond acceptors (Lipinski definition) is 5. The van der Waals surface area contributed by atoms with Gasteiger partial charge >= 0.3 is 6.09 Å². The first-order valence-corrected chi connectivity index (χ1v) is 9.55. The molecule has 0 heterocycles. The molecule has 3 atom stereocenters. The van der Waals surface area contributed by atoms with Gasteiger partial charge in [0.25, 0.3) is 0 Å². The summed E-state index contributed by atoms with van der Waals surface area (Å²) in [6, 6.07) is 9.12. The van der Waals surface area contributed by atoms with Crippen molar-refractivity contribution in [3.63, 3.8) is 0 Å². The summed E-state index contributed by atoms with van der Waals surface area (Å²) in [6.07, 6.45) is 1.35. The van der Waals surface area contributed by atoms with Gasteiger partial charge in [-0.3, -0.25) is 4.79 Å². The zero-order valence-electron chi connectivity index (χ0n) is 15.0. The molecule has 6 heteroatoms. The molecule has 0 spiro atoms. The van der Waals surface area contributed by atoms with Gasteiger partial charge in [-0.15, -0.1) is 0 Å². The Labute approximate surface area is 153 Å². The van der Waals surface area contributed by atoms with E-state index < -0.39 is 17.8 Å². The monoisotopic (exact) mass is 365 g/mol. The summed E-state index contributed by atoms with van der Waals surface area (Å²) in [4.78, 5) is 24.1. The molecule has 0 bridgehead atoms. The lowest BCUT2D eigenvalue weighted by molar-refractivity contribution is 0.0525. The molecule has 0 aliphatic heterocycles. The number of rotatable bonds is 5. The number of thioether (sulfide) groups is 1. The first-order valence-electron chi connectivity index (χ1n) is 8.67. The van der Waals surface area contributed by atoms with Crippen LogP contribution in [0.25, 0.3) is 0 Å². The number of hydrogen-bond donors (Lipinski definition) is 2. The highest BCUT2D eigenvalue weighted by Crippen LogP contribution is 2.38. The van der Waals surface area contributed by atoms with Crippen molar-refractivity contribution in [3.05, 3.63) is 35.9 Å². The molecule has 1 aromatic carbocycles. The van der Waals surface area contributed by atoms with Crippen molar-refractivity contribution in [1.82, 2.24) is 5.32 Å². The summed E-state index contributed by atoms with van der Waals surface area (Å²) in [7, 11) is 0. The van der Waals surface area contributed by atoms with Crippen LogP contribution in [0, 0.1) is 5.92 Å². The Bertz CT molecular complexity index is 585. The Hall–Kier alpha value is -1.53. The SMILES string of the molecule is CC(C)(C)OC(=O)NCCC1CC[C@@H](O)[C@@H]1SC(=O)c1ccccc1. The van der Waals surface area contributed by atoms with Crippen LogP contribution in [-0.2, 0) is 4.74 Å². The van der Waals surface area contributed by atoms with Gasteiger partial charge in [-0.05, 0) is 46.0 Å². The van der Waals surface area contributed by atoms with Gasteiger partial charge in [0.1, 0.15) is 5.60 Å². The van der Waals surface area contributed by atoms with Crippen molar-refractivity contribution in [2.24, 2.45) is 5.92 Å². The molecule has 5 nitrogen and oxygen atoms in total. The molecule has 1 unspecified atom stereocenters. The standard InChI is InChI=1S/C19H27NO4S/c1-19(2,3)24-18(23)20-12-11-13-9-10-15(21)16(13)25-17(22)14-7-5-4-6-8-14/h4-8,13,15-16,21H,9-12H2,1-3H3,(H,20,23)/t13?,15-,16-/m1/s1. The van der Waals surface area contributed by atoms with Gasteiger partial charge in [-0.25, -0.2) is 4.79 Å². The lowest BCUT2D eigenvalue weighted by Crippen LogP contribution is -2.34. The van der Waals surface area contributed by atoms with Crippen molar-refractivity contribution in [3.8, 4) is 0 Å². The maximum absolute atomic E-state index is 12.4. The Kier molecular flexibility index (Phi) is 6.90. The van der Waals surface area contributed by atoms with E-state index >= 15 is 0 Å². The third-order valence-corrected chi connectivity index (χ3v) is 5.53. The van der Waals surface area contributed by atoms with E-state index in [-0.39, 0.29) is 16.3 Å². The van der Waals surface area contributed by atoms with Crippen molar-refractivity contribution >= 4 is 23.0 Å². The number of carbonyl (C=O) groups is 2. The van der Waals surface area contributed by atoms with Gasteiger partial charge in [0, 0.05) is 17.4 Å². The van der Waals surface area contributed by atoms with Crippen LogP contribution in [-0.4, -0.2) is 39.8 Å². The van der Waals surface area contributed by atoms with Gasteiger partial charge in [-0.2, -0.15) is 0 Å². The summed E-state index contributed by atoms with van der Waals surface area (Å²) in [5, 5.41) is 12.8. The topological polar surface area (TPSA) is 75.6 Å². The van der Waals surface area contributed by atoms with Gasteiger partial charge in [0.2, 0.25) is 5.12 Å². The molecule has 2 rings (SSSR count). The minimum absolute atomic E-state index is 0.0170. The predicted molar refractivity (Wildman–Crippen MR) is 99.7 cm³/mol. The molecule has 138 valence electrons. The van der Waals surface area contributed by atoms with E-state index in [4.69, 9.17) is 4.74 Å². The summed E-state index contributed by atoms with van der Waals surface area (Å²) < 4.78 is 5.21. The summed E-state index contributed by atoms with van der Waals surface area (Å²) in [5.74, 6) is 0.197. The number of aliphatic hydroxyl groups excluding tert-OH is 1. The number of ether oxygens (including phenoxy) is 1. The zero-order chi connectivity index (χ0) is 18.4. The van der Waals surface area contributed by atoms with E-state index in [9.17, 15) is 14.7 Å². The normalized spacial score (nSPS) is 23.3. The maximum Gasteiger partial charge on any atom is 0.407 e. The number of nitrogens with one attached hydrogen (secondary N) is 1. The fourth-order valence-electron chi connectivity index (χ4n) is 2.95. The molecule has 1 amide bonds.